The van der Waals surface area contributed by atoms with Crippen LogP contribution in [0, 0.1) is 0 Å². The number of ether oxygens (including phenoxy) is 6. The molecule has 194 valence electrons. The topological polar surface area (TPSA) is 197 Å². The molecule has 0 amide bonds. The van der Waals surface area contributed by atoms with Crippen molar-refractivity contribution in [2.24, 2.45) is 0 Å². The number of aliphatic hydroxyl groups is 7. The third kappa shape index (κ3) is 5.39. The highest BCUT2D eigenvalue weighted by molar-refractivity contribution is 5.53. The molecule has 10 atom stereocenters. The summed E-state index contributed by atoms with van der Waals surface area (Å²) in [5.74, 6) is 0.340. The van der Waals surface area contributed by atoms with Crippen LogP contribution in [0.5, 0.6) is 17.2 Å². The van der Waals surface area contributed by atoms with Crippen LogP contribution >= 0.6 is 0 Å². The summed E-state index contributed by atoms with van der Waals surface area (Å²) >= 11 is 0. The lowest BCUT2D eigenvalue weighted by molar-refractivity contribution is -0.318. The van der Waals surface area contributed by atoms with Crippen LogP contribution in [0.1, 0.15) is 12.5 Å². The summed E-state index contributed by atoms with van der Waals surface area (Å²) in [5.41, 5.74) is 0.473. The van der Waals surface area contributed by atoms with E-state index in [4.69, 9.17) is 28.4 Å². The van der Waals surface area contributed by atoms with Gasteiger partial charge in [-0.3, -0.25) is 0 Å². The molecule has 0 radical (unpaired) electrons. The van der Waals surface area contributed by atoms with Crippen molar-refractivity contribution in [1.29, 1.82) is 0 Å². The number of aliphatic hydroxyl groups excluding tert-OH is 7. The van der Waals surface area contributed by atoms with Crippen LogP contribution in [0.25, 0.3) is 0 Å². The first-order valence-corrected chi connectivity index (χ1v) is 10.7. The molecule has 13 nitrogen and oxygen atoms in total. The molecular formula is C21H32O13. The van der Waals surface area contributed by atoms with Gasteiger partial charge in [0.1, 0.15) is 42.7 Å². The predicted octanol–water partition coefficient (Wildman–Crippen LogP) is -2.77. The molecule has 0 aliphatic carbocycles. The molecule has 1 aromatic rings. The van der Waals surface area contributed by atoms with Crippen LogP contribution in [-0.4, -0.2) is 118 Å². The highest BCUT2D eigenvalue weighted by atomic mass is 16.7. The Labute approximate surface area is 195 Å². The summed E-state index contributed by atoms with van der Waals surface area (Å²) in [5, 5.41) is 70.3. The van der Waals surface area contributed by atoms with E-state index in [-0.39, 0.29) is 23.9 Å². The molecule has 34 heavy (non-hydrogen) atoms. The maximum absolute atomic E-state index is 10.4. The van der Waals surface area contributed by atoms with Crippen LogP contribution in [-0.2, 0) is 20.8 Å². The summed E-state index contributed by atoms with van der Waals surface area (Å²) in [4.78, 5) is 0. The van der Waals surface area contributed by atoms with E-state index in [9.17, 15) is 35.7 Å². The van der Waals surface area contributed by atoms with Crippen molar-refractivity contribution < 1.29 is 64.2 Å². The van der Waals surface area contributed by atoms with Crippen molar-refractivity contribution >= 4 is 0 Å². The largest absolute Gasteiger partial charge is 0.493 e. The fourth-order valence-corrected chi connectivity index (χ4v) is 3.75. The lowest BCUT2D eigenvalue weighted by atomic mass is 9.98. The molecular weight excluding hydrogens is 460 g/mol. The van der Waals surface area contributed by atoms with E-state index in [1.165, 1.54) is 33.3 Å². The molecule has 7 N–H and O–H groups in total. The quantitative estimate of drug-likeness (QED) is 0.197. The number of rotatable bonds is 8. The number of benzene rings is 1. The Morgan fingerprint density at radius 1 is 0.765 bits per heavy atom. The maximum atomic E-state index is 10.4. The molecule has 0 bridgehead atoms. The third-order valence-electron chi connectivity index (χ3n) is 5.84. The summed E-state index contributed by atoms with van der Waals surface area (Å²) in [6.45, 7) is 0.758. The molecule has 0 saturated carbocycles. The van der Waals surface area contributed by atoms with Gasteiger partial charge in [-0.2, -0.15) is 0 Å². The molecule has 2 aliphatic heterocycles. The zero-order valence-electron chi connectivity index (χ0n) is 18.9. The van der Waals surface area contributed by atoms with Crippen molar-refractivity contribution in [3.05, 3.63) is 17.7 Å². The fraction of sp³-hybridized carbons (Fsp3) is 0.714. The Morgan fingerprint density at radius 2 is 1.32 bits per heavy atom. The number of hydrogen-bond donors (Lipinski definition) is 7. The van der Waals surface area contributed by atoms with Crippen molar-refractivity contribution in [3.63, 3.8) is 0 Å². The number of hydrogen-bond acceptors (Lipinski definition) is 13. The average molecular weight is 492 g/mol. The zero-order chi connectivity index (χ0) is 25.2. The van der Waals surface area contributed by atoms with Crippen molar-refractivity contribution in [1.82, 2.24) is 0 Å². The van der Waals surface area contributed by atoms with Crippen LogP contribution in [0.15, 0.2) is 12.1 Å². The minimum absolute atomic E-state index is 0.0199. The van der Waals surface area contributed by atoms with Crippen molar-refractivity contribution in [2.45, 2.75) is 74.9 Å². The van der Waals surface area contributed by atoms with Gasteiger partial charge in [-0.15, -0.1) is 0 Å². The van der Waals surface area contributed by atoms with Gasteiger partial charge in [0.25, 0.3) is 0 Å². The smallest absolute Gasteiger partial charge is 0.229 e. The van der Waals surface area contributed by atoms with Gasteiger partial charge in [-0.05, 0) is 24.6 Å². The van der Waals surface area contributed by atoms with E-state index >= 15 is 0 Å². The summed E-state index contributed by atoms with van der Waals surface area (Å²) in [6.07, 6.45) is -14.3. The molecule has 2 aliphatic rings. The van der Waals surface area contributed by atoms with Crippen molar-refractivity contribution in [3.8, 4) is 17.2 Å². The molecule has 2 saturated heterocycles. The lowest BCUT2D eigenvalue weighted by Crippen LogP contribution is -2.61. The van der Waals surface area contributed by atoms with Gasteiger partial charge in [0.05, 0.1) is 33.5 Å². The van der Waals surface area contributed by atoms with E-state index in [0.29, 0.717) is 5.56 Å². The predicted molar refractivity (Wildman–Crippen MR) is 111 cm³/mol. The highest BCUT2D eigenvalue weighted by Gasteiger charge is 2.47. The van der Waals surface area contributed by atoms with Gasteiger partial charge >= 0.3 is 0 Å². The molecule has 1 aromatic carbocycles. The van der Waals surface area contributed by atoms with Crippen LogP contribution < -0.4 is 14.2 Å². The Balaban J connectivity index is 1.74. The second-order valence-corrected chi connectivity index (χ2v) is 8.13. The molecule has 0 spiro atoms. The average Bonchev–Trinajstić information content (AvgIpc) is 2.84. The maximum Gasteiger partial charge on any atom is 0.229 e. The van der Waals surface area contributed by atoms with Crippen molar-refractivity contribution in [2.75, 3.05) is 20.8 Å². The van der Waals surface area contributed by atoms with Gasteiger partial charge in [-0.1, -0.05) is 0 Å². The summed E-state index contributed by atoms with van der Waals surface area (Å²) in [6, 6.07) is 2.98. The Morgan fingerprint density at radius 3 is 1.88 bits per heavy atom. The second kappa shape index (κ2) is 11.3. The van der Waals surface area contributed by atoms with E-state index < -0.39 is 68.0 Å². The van der Waals surface area contributed by atoms with E-state index in [0.717, 1.165) is 0 Å². The minimum Gasteiger partial charge on any atom is -0.493 e. The van der Waals surface area contributed by atoms with E-state index in [2.05, 4.69) is 0 Å². The fourth-order valence-electron chi connectivity index (χ4n) is 3.75. The molecule has 0 unspecified atom stereocenters. The summed E-state index contributed by atoms with van der Waals surface area (Å²) < 4.78 is 32.7. The SMILES string of the molecule is COc1cc(CO)cc(OC)c1O[C@@H]1O[C@H](CO[C@@H]2O[C@@H](C)[C@H](O)[C@@H](O)[C@H]2O)[C@@H](O)[C@H](O)[C@H]1O. The Bertz CT molecular complexity index is 782. The van der Waals surface area contributed by atoms with Gasteiger partial charge in [-0.25, -0.2) is 0 Å². The molecule has 13 heteroatoms. The second-order valence-electron chi connectivity index (χ2n) is 8.13. The molecule has 2 heterocycles. The van der Waals surface area contributed by atoms with Gasteiger partial charge in [0.2, 0.25) is 12.0 Å². The molecule has 2 fully saturated rings. The first kappa shape index (κ1) is 26.8. The van der Waals surface area contributed by atoms with Crippen LogP contribution in [0.4, 0.5) is 0 Å². The Kier molecular flexibility index (Phi) is 8.92. The molecule has 3 rings (SSSR count). The van der Waals surface area contributed by atoms with E-state index in [1.807, 2.05) is 0 Å². The third-order valence-corrected chi connectivity index (χ3v) is 5.84. The Hall–Kier alpha value is -1.78. The van der Waals surface area contributed by atoms with Gasteiger partial charge in [0.15, 0.2) is 17.8 Å². The van der Waals surface area contributed by atoms with E-state index in [1.54, 1.807) is 0 Å². The number of methoxy groups -OCH3 is 2. The normalized spacial score (nSPS) is 38.4. The lowest BCUT2D eigenvalue weighted by Gasteiger charge is -2.42. The molecule has 0 aromatic heterocycles. The van der Waals surface area contributed by atoms with Gasteiger partial charge < -0.3 is 64.2 Å². The summed E-state index contributed by atoms with van der Waals surface area (Å²) in [7, 11) is 2.72. The standard InChI is InChI=1S/C21H32O13/c1-8-13(23)15(25)17(27)20(32-8)31-7-12-14(24)16(26)18(28)21(33-12)34-19-10(29-2)4-9(6-22)5-11(19)30-3/h4-5,8,12-18,20-28H,6-7H2,1-3H3/t8-,12+,13-,14+,15+,16-,17+,18+,20+,21-/m0/s1. The van der Waals surface area contributed by atoms with Crippen LogP contribution in [0.3, 0.4) is 0 Å². The van der Waals surface area contributed by atoms with Gasteiger partial charge in [0, 0.05) is 0 Å². The highest BCUT2D eigenvalue weighted by Crippen LogP contribution is 2.40. The zero-order valence-corrected chi connectivity index (χ0v) is 18.9. The first-order valence-electron chi connectivity index (χ1n) is 10.7. The minimum atomic E-state index is -1.69. The van der Waals surface area contributed by atoms with Crippen LogP contribution in [0.2, 0.25) is 0 Å². The first-order chi connectivity index (χ1) is 16.1. The monoisotopic (exact) mass is 492 g/mol.